The Morgan fingerprint density at radius 3 is 2.67 bits per heavy atom. The fourth-order valence-electron chi connectivity index (χ4n) is 2.19. The minimum atomic E-state index is 0.518. The maximum atomic E-state index is 5.91. The van der Waals surface area contributed by atoms with Gasteiger partial charge < -0.3 is 10.3 Å². The van der Waals surface area contributed by atoms with Crippen LogP contribution in [0.15, 0.2) is 28.8 Å². The first-order valence-electron chi connectivity index (χ1n) is 6.45. The van der Waals surface area contributed by atoms with Crippen molar-refractivity contribution in [2.75, 3.05) is 5.73 Å². The van der Waals surface area contributed by atoms with E-state index in [1.807, 2.05) is 12.1 Å². The molecule has 0 amide bonds. The summed E-state index contributed by atoms with van der Waals surface area (Å²) in [5, 5.41) is 3.92. The lowest BCUT2D eigenvalue weighted by Crippen LogP contribution is -1.99. The molecule has 2 N–H and O–H groups in total. The summed E-state index contributed by atoms with van der Waals surface area (Å²) < 4.78 is 5.45. The van der Waals surface area contributed by atoms with Gasteiger partial charge in [-0.05, 0) is 24.3 Å². The molecule has 3 nitrogen and oxygen atoms in total. The van der Waals surface area contributed by atoms with Crippen LogP contribution in [0.5, 0.6) is 0 Å². The van der Waals surface area contributed by atoms with Crippen LogP contribution in [0.4, 0.5) is 5.82 Å². The highest BCUT2D eigenvalue weighted by molar-refractivity contribution is 5.69. The van der Waals surface area contributed by atoms with Crippen molar-refractivity contribution in [3.05, 3.63) is 35.4 Å². The Bertz CT molecular complexity index is 529. The summed E-state index contributed by atoms with van der Waals surface area (Å²) in [7, 11) is 0. The molecule has 18 heavy (non-hydrogen) atoms. The van der Waals surface area contributed by atoms with Crippen molar-refractivity contribution in [2.24, 2.45) is 5.92 Å². The van der Waals surface area contributed by atoms with E-state index in [9.17, 15) is 0 Å². The first-order valence-corrected chi connectivity index (χ1v) is 6.45. The molecule has 0 fully saturated rings. The Labute approximate surface area is 108 Å². The van der Waals surface area contributed by atoms with E-state index in [1.54, 1.807) is 0 Å². The summed E-state index contributed by atoms with van der Waals surface area (Å²) in [5.74, 6) is 1.88. The lowest BCUT2D eigenvalue weighted by Gasteiger charge is -2.08. The third-order valence-electron chi connectivity index (χ3n) is 3.07. The topological polar surface area (TPSA) is 52.0 Å². The average Bonchev–Trinajstić information content (AvgIpc) is 2.70. The lowest BCUT2D eigenvalue weighted by atomic mass is 9.96. The van der Waals surface area contributed by atoms with Gasteiger partial charge in [0.2, 0.25) is 0 Å². The van der Waals surface area contributed by atoms with Gasteiger partial charge in [0.15, 0.2) is 11.6 Å². The number of aryl methyl sites for hydroxylation is 1. The van der Waals surface area contributed by atoms with Gasteiger partial charge in [-0.1, -0.05) is 50.2 Å². The second-order valence-corrected chi connectivity index (χ2v) is 4.98. The van der Waals surface area contributed by atoms with E-state index >= 15 is 0 Å². The summed E-state index contributed by atoms with van der Waals surface area (Å²) in [6.07, 6.45) is 1.86. The Hall–Kier alpha value is -1.77. The molecule has 0 atom stereocenters. The number of hydrogen-bond donors (Lipinski definition) is 1. The molecular formula is C15H20N2O. The molecule has 0 saturated carbocycles. The molecule has 0 aliphatic rings. The Balaban J connectivity index is 2.50. The normalized spacial score (nSPS) is 11.1. The largest absolute Gasteiger partial charge is 0.381 e. The molecule has 0 aliphatic carbocycles. The number of rotatable bonds is 4. The number of aromatic nitrogens is 1. The molecule has 1 aromatic carbocycles. The van der Waals surface area contributed by atoms with E-state index in [-0.39, 0.29) is 0 Å². The van der Waals surface area contributed by atoms with Gasteiger partial charge in [-0.3, -0.25) is 0 Å². The summed E-state index contributed by atoms with van der Waals surface area (Å²) in [5.41, 5.74) is 9.32. The zero-order valence-corrected chi connectivity index (χ0v) is 11.2. The maximum absolute atomic E-state index is 5.91. The summed E-state index contributed by atoms with van der Waals surface area (Å²) >= 11 is 0. The minimum absolute atomic E-state index is 0.518. The molecule has 2 aromatic rings. The molecule has 0 unspecified atom stereocenters. The number of nitrogen functional groups attached to an aromatic ring is 1. The minimum Gasteiger partial charge on any atom is -0.381 e. The Kier molecular flexibility index (Phi) is 3.70. The number of benzene rings is 1. The highest BCUT2D eigenvalue weighted by Gasteiger charge is 2.18. The van der Waals surface area contributed by atoms with Gasteiger partial charge in [-0.15, -0.1) is 0 Å². The summed E-state index contributed by atoms with van der Waals surface area (Å²) in [4.78, 5) is 0. The van der Waals surface area contributed by atoms with Crippen molar-refractivity contribution in [1.82, 2.24) is 5.16 Å². The lowest BCUT2D eigenvalue weighted by molar-refractivity contribution is 0.434. The third kappa shape index (κ3) is 2.40. The van der Waals surface area contributed by atoms with Crippen molar-refractivity contribution in [2.45, 2.75) is 33.6 Å². The monoisotopic (exact) mass is 244 g/mol. The van der Waals surface area contributed by atoms with Crippen molar-refractivity contribution in [3.8, 4) is 11.3 Å². The van der Waals surface area contributed by atoms with Gasteiger partial charge in [-0.2, -0.15) is 0 Å². The van der Waals surface area contributed by atoms with Gasteiger partial charge in [0.1, 0.15) is 0 Å². The zero-order valence-electron chi connectivity index (χ0n) is 11.2. The number of anilines is 1. The zero-order chi connectivity index (χ0) is 13.1. The predicted octanol–water partition coefficient (Wildman–Crippen LogP) is 3.68. The van der Waals surface area contributed by atoms with Crippen LogP contribution in [0.1, 0.15) is 31.9 Å². The highest BCUT2D eigenvalue weighted by atomic mass is 16.5. The molecular weight excluding hydrogens is 224 g/mol. The van der Waals surface area contributed by atoms with Crippen LogP contribution in [-0.2, 0) is 12.8 Å². The molecule has 2 rings (SSSR count). The molecule has 0 bridgehead atoms. The van der Waals surface area contributed by atoms with Gasteiger partial charge in [0.05, 0.1) is 0 Å². The Morgan fingerprint density at radius 1 is 1.28 bits per heavy atom. The molecule has 1 heterocycles. The molecule has 3 heteroatoms. The third-order valence-corrected chi connectivity index (χ3v) is 3.07. The molecule has 0 saturated heterocycles. The van der Waals surface area contributed by atoms with Gasteiger partial charge in [-0.25, -0.2) is 0 Å². The number of nitrogens with zero attached hydrogens (tertiary/aromatic N) is 1. The van der Waals surface area contributed by atoms with Crippen molar-refractivity contribution >= 4 is 5.82 Å². The van der Waals surface area contributed by atoms with E-state index in [0.29, 0.717) is 11.7 Å². The summed E-state index contributed by atoms with van der Waals surface area (Å²) in [6.45, 7) is 6.48. The molecule has 0 radical (unpaired) electrons. The van der Waals surface area contributed by atoms with Crippen LogP contribution in [0.3, 0.4) is 0 Å². The SMILES string of the molecule is CCc1ccccc1-c1onc(N)c1CC(C)C. The van der Waals surface area contributed by atoms with Crippen molar-refractivity contribution in [1.29, 1.82) is 0 Å². The van der Waals surface area contributed by atoms with Gasteiger partial charge >= 0.3 is 0 Å². The molecule has 0 aliphatic heterocycles. The standard InChI is InChI=1S/C15H20N2O/c1-4-11-7-5-6-8-12(11)14-13(9-10(2)3)15(16)17-18-14/h5-8,10H,4,9H2,1-3H3,(H2,16,17). The van der Waals surface area contributed by atoms with E-state index in [2.05, 4.69) is 38.1 Å². The number of hydrogen-bond acceptors (Lipinski definition) is 3. The second kappa shape index (κ2) is 5.25. The van der Waals surface area contributed by atoms with Crippen LogP contribution >= 0.6 is 0 Å². The fourth-order valence-corrected chi connectivity index (χ4v) is 2.19. The van der Waals surface area contributed by atoms with Crippen LogP contribution in [-0.4, -0.2) is 5.16 Å². The van der Waals surface area contributed by atoms with Crippen molar-refractivity contribution < 1.29 is 4.52 Å². The van der Waals surface area contributed by atoms with E-state index in [4.69, 9.17) is 10.3 Å². The quantitative estimate of drug-likeness (QED) is 0.892. The Morgan fingerprint density at radius 2 is 2.00 bits per heavy atom. The fraction of sp³-hybridized carbons (Fsp3) is 0.400. The van der Waals surface area contributed by atoms with Gasteiger partial charge in [0.25, 0.3) is 0 Å². The first kappa shape index (κ1) is 12.7. The van der Waals surface area contributed by atoms with E-state index in [1.165, 1.54) is 5.56 Å². The van der Waals surface area contributed by atoms with E-state index < -0.39 is 0 Å². The summed E-state index contributed by atoms with van der Waals surface area (Å²) in [6, 6.07) is 8.26. The average molecular weight is 244 g/mol. The van der Waals surface area contributed by atoms with Crippen molar-refractivity contribution in [3.63, 3.8) is 0 Å². The van der Waals surface area contributed by atoms with Crippen LogP contribution in [0.25, 0.3) is 11.3 Å². The van der Waals surface area contributed by atoms with Crippen LogP contribution in [0, 0.1) is 5.92 Å². The molecule has 1 aromatic heterocycles. The maximum Gasteiger partial charge on any atom is 0.172 e. The van der Waals surface area contributed by atoms with Crippen LogP contribution < -0.4 is 5.73 Å². The highest BCUT2D eigenvalue weighted by Crippen LogP contribution is 2.32. The van der Waals surface area contributed by atoms with E-state index in [0.717, 1.165) is 29.7 Å². The van der Waals surface area contributed by atoms with Crippen LogP contribution in [0.2, 0.25) is 0 Å². The second-order valence-electron chi connectivity index (χ2n) is 4.98. The smallest absolute Gasteiger partial charge is 0.172 e. The van der Waals surface area contributed by atoms with Gasteiger partial charge in [0, 0.05) is 11.1 Å². The molecule has 0 spiro atoms. The molecule has 96 valence electrons. The first-order chi connectivity index (χ1) is 8.63. The number of nitrogens with two attached hydrogens (primary N) is 1. The predicted molar refractivity (Wildman–Crippen MR) is 74.3 cm³/mol.